The molecule has 7 heteroatoms. The molecule has 1 aliphatic heterocycles. The van der Waals surface area contributed by atoms with Crippen molar-refractivity contribution in [3.05, 3.63) is 46.2 Å². The van der Waals surface area contributed by atoms with E-state index in [-0.39, 0.29) is 5.82 Å². The minimum Gasteiger partial charge on any atom is -0.297 e. The number of aryl methyl sites for hydroxylation is 1. The lowest BCUT2D eigenvalue weighted by atomic mass is 10.1. The number of thioether (sulfide) groups is 1. The Morgan fingerprint density at radius 2 is 2.22 bits per heavy atom. The maximum absolute atomic E-state index is 13.6. The van der Waals surface area contributed by atoms with Crippen molar-refractivity contribution < 1.29 is 4.39 Å². The number of nitrogens with one attached hydrogen (secondary N) is 1. The lowest BCUT2D eigenvalue weighted by molar-refractivity contribution is 0.294. The SMILES string of the molecule is Cc1csc(NN=Cc2ccc(F)cc2CN2CCSCC2)n1. The van der Waals surface area contributed by atoms with E-state index in [4.69, 9.17) is 0 Å². The normalized spacial score (nSPS) is 16.1. The molecule has 1 N–H and O–H groups in total. The summed E-state index contributed by atoms with van der Waals surface area (Å²) < 4.78 is 13.6. The van der Waals surface area contributed by atoms with Crippen molar-refractivity contribution in [1.29, 1.82) is 0 Å². The quantitative estimate of drug-likeness (QED) is 0.661. The molecule has 0 bridgehead atoms. The van der Waals surface area contributed by atoms with Gasteiger partial charge < -0.3 is 0 Å². The number of hydrazone groups is 1. The molecule has 1 aromatic heterocycles. The fourth-order valence-electron chi connectivity index (χ4n) is 2.40. The standard InChI is InChI=1S/C16H19FN4S2/c1-12-11-23-16(19-12)20-18-9-13-2-3-15(17)8-14(13)10-21-4-6-22-7-5-21/h2-3,8-9,11H,4-7,10H2,1H3,(H,19,20). The van der Waals surface area contributed by atoms with Gasteiger partial charge >= 0.3 is 0 Å². The molecule has 2 aromatic rings. The summed E-state index contributed by atoms with van der Waals surface area (Å²) in [5, 5.41) is 6.96. The molecule has 0 radical (unpaired) electrons. The highest BCUT2D eigenvalue weighted by Crippen LogP contribution is 2.17. The number of hydrogen-bond donors (Lipinski definition) is 1. The summed E-state index contributed by atoms with van der Waals surface area (Å²) in [7, 11) is 0. The lowest BCUT2D eigenvalue weighted by Gasteiger charge is -2.26. The van der Waals surface area contributed by atoms with Gasteiger partial charge in [-0.2, -0.15) is 16.9 Å². The first-order chi connectivity index (χ1) is 11.2. The van der Waals surface area contributed by atoms with Gasteiger partial charge in [-0.05, 0) is 30.2 Å². The molecule has 1 saturated heterocycles. The number of hydrogen-bond acceptors (Lipinski definition) is 6. The molecule has 1 fully saturated rings. The lowest BCUT2D eigenvalue weighted by Crippen LogP contribution is -2.32. The highest BCUT2D eigenvalue weighted by atomic mass is 32.2. The van der Waals surface area contributed by atoms with Crippen LogP contribution in [0.4, 0.5) is 9.52 Å². The van der Waals surface area contributed by atoms with Crippen LogP contribution in [0.2, 0.25) is 0 Å². The van der Waals surface area contributed by atoms with Crippen LogP contribution in [0.25, 0.3) is 0 Å². The average Bonchev–Trinajstić information content (AvgIpc) is 2.96. The highest BCUT2D eigenvalue weighted by Gasteiger charge is 2.13. The summed E-state index contributed by atoms with van der Waals surface area (Å²) in [6.07, 6.45) is 1.74. The van der Waals surface area contributed by atoms with Crippen molar-refractivity contribution in [2.24, 2.45) is 5.10 Å². The van der Waals surface area contributed by atoms with Gasteiger partial charge in [0.1, 0.15) is 5.82 Å². The molecule has 3 rings (SSSR count). The molecular formula is C16H19FN4S2. The zero-order chi connectivity index (χ0) is 16.1. The number of rotatable bonds is 5. The molecule has 4 nitrogen and oxygen atoms in total. The third-order valence-electron chi connectivity index (χ3n) is 3.59. The molecule has 0 unspecified atom stereocenters. The molecule has 23 heavy (non-hydrogen) atoms. The monoisotopic (exact) mass is 350 g/mol. The maximum Gasteiger partial charge on any atom is 0.203 e. The Bertz CT molecular complexity index is 680. The Morgan fingerprint density at radius 1 is 1.39 bits per heavy atom. The van der Waals surface area contributed by atoms with Gasteiger partial charge in [0.15, 0.2) is 0 Å². The minimum absolute atomic E-state index is 0.202. The number of anilines is 1. The molecule has 0 spiro atoms. The van der Waals surface area contributed by atoms with E-state index in [1.165, 1.54) is 17.4 Å². The van der Waals surface area contributed by atoms with Crippen LogP contribution in [0.15, 0.2) is 28.7 Å². The van der Waals surface area contributed by atoms with Crippen LogP contribution in [0.3, 0.4) is 0 Å². The number of benzene rings is 1. The first-order valence-electron chi connectivity index (χ1n) is 7.50. The van der Waals surface area contributed by atoms with Crippen LogP contribution >= 0.6 is 23.1 Å². The summed E-state index contributed by atoms with van der Waals surface area (Å²) >= 11 is 3.49. The molecule has 1 aromatic carbocycles. The van der Waals surface area contributed by atoms with Gasteiger partial charge in [-0.25, -0.2) is 9.37 Å². The second-order valence-corrected chi connectivity index (χ2v) is 7.48. The second-order valence-electron chi connectivity index (χ2n) is 5.40. The van der Waals surface area contributed by atoms with E-state index in [0.717, 1.165) is 53.1 Å². The van der Waals surface area contributed by atoms with E-state index in [1.54, 1.807) is 18.3 Å². The van der Waals surface area contributed by atoms with Gasteiger partial charge in [0.25, 0.3) is 0 Å². The van der Waals surface area contributed by atoms with E-state index in [9.17, 15) is 4.39 Å². The maximum atomic E-state index is 13.6. The van der Waals surface area contributed by atoms with Crippen LogP contribution < -0.4 is 5.43 Å². The zero-order valence-electron chi connectivity index (χ0n) is 13.0. The first kappa shape index (κ1) is 16.4. The van der Waals surface area contributed by atoms with Crippen LogP contribution in [0.1, 0.15) is 16.8 Å². The Labute approximate surface area is 143 Å². The molecule has 0 saturated carbocycles. The molecule has 0 aliphatic carbocycles. The Kier molecular flexibility index (Phi) is 5.64. The third-order valence-corrected chi connectivity index (χ3v) is 5.39. The van der Waals surface area contributed by atoms with Gasteiger partial charge in [-0.15, -0.1) is 11.3 Å². The number of aromatic nitrogens is 1. The van der Waals surface area contributed by atoms with E-state index < -0.39 is 0 Å². The van der Waals surface area contributed by atoms with Crippen LogP contribution in [-0.4, -0.2) is 40.7 Å². The van der Waals surface area contributed by atoms with Crippen molar-refractivity contribution in [2.45, 2.75) is 13.5 Å². The fraction of sp³-hybridized carbons (Fsp3) is 0.375. The predicted molar refractivity (Wildman–Crippen MR) is 97.1 cm³/mol. The predicted octanol–water partition coefficient (Wildman–Crippen LogP) is 3.59. The van der Waals surface area contributed by atoms with E-state index in [0.29, 0.717) is 0 Å². The largest absolute Gasteiger partial charge is 0.297 e. The number of halogens is 1. The smallest absolute Gasteiger partial charge is 0.203 e. The van der Waals surface area contributed by atoms with E-state index in [1.807, 2.05) is 24.1 Å². The number of thiazole rings is 1. The Morgan fingerprint density at radius 3 is 2.96 bits per heavy atom. The van der Waals surface area contributed by atoms with Gasteiger partial charge in [0.05, 0.1) is 11.9 Å². The van der Waals surface area contributed by atoms with Crippen LogP contribution in [0.5, 0.6) is 0 Å². The second kappa shape index (κ2) is 7.90. The van der Waals surface area contributed by atoms with Gasteiger partial charge in [0.2, 0.25) is 5.13 Å². The summed E-state index contributed by atoms with van der Waals surface area (Å²) in [5.41, 5.74) is 5.80. The summed E-state index contributed by atoms with van der Waals surface area (Å²) in [6.45, 7) is 4.80. The molecule has 0 amide bonds. The summed E-state index contributed by atoms with van der Waals surface area (Å²) in [6, 6.07) is 4.86. The molecule has 122 valence electrons. The molecule has 2 heterocycles. The van der Waals surface area contributed by atoms with Crippen molar-refractivity contribution in [2.75, 3.05) is 30.0 Å². The zero-order valence-corrected chi connectivity index (χ0v) is 14.6. The summed E-state index contributed by atoms with van der Waals surface area (Å²) in [5.74, 6) is 2.08. The van der Waals surface area contributed by atoms with Crippen molar-refractivity contribution in [1.82, 2.24) is 9.88 Å². The third kappa shape index (κ3) is 4.76. The Balaban J connectivity index is 1.70. The molecule has 1 aliphatic rings. The van der Waals surface area contributed by atoms with Gasteiger partial charge in [-0.3, -0.25) is 10.3 Å². The van der Waals surface area contributed by atoms with Crippen LogP contribution in [-0.2, 0) is 6.54 Å². The van der Waals surface area contributed by atoms with Gasteiger partial charge in [-0.1, -0.05) is 6.07 Å². The van der Waals surface area contributed by atoms with Crippen molar-refractivity contribution in [3.8, 4) is 0 Å². The molecular weight excluding hydrogens is 331 g/mol. The summed E-state index contributed by atoms with van der Waals surface area (Å²) in [4.78, 5) is 6.66. The fourth-order valence-corrected chi connectivity index (χ4v) is 4.02. The average molecular weight is 350 g/mol. The van der Waals surface area contributed by atoms with E-state index >= 15 is 0 Å². The highest BCUT2D eigenvalue weighted by molar-refractivity contribution is 7.99. The van der Waals surface area contributed by atoms with Gasteiger partial charge in [0, 0.05) is 36.5 Å². The Hall–Kier alpha value is -1.44. The molecule has 0 atom stereocenters. The first-order valence-corrected chi connectivity index (χ1v) is 9.54. The topological polar surface area (TPSA) is 40.5 Å². The van der Waals surface area contributed by atoms with Crippen molar-refractivity contribution in [3.63, 3.8) is 0 Å². The minimum atomic E-state index is -0.202. The van der Waals surface area contributed by atoms with E-state index in [2.05, 4.69) is 20.4 Å². The van der Waals surface area contributed by atoms with Crippen LogP contribution in [0, 0.1) is 12.7 Å². The van der Waals surface area contributed by atoms with Crippen molar-refractivity contribution >= 4 is 34.4 Å². The number of nitrogens with zero attached hydrogens (tertiary/aromatic N) is 3.